The number of nitrogens with zero attached hydrogens (tertiary/aromatic N) is 3. The molecule has 7 atom stereocenters. The van der Waals surface area contributed by atoms with Gasteiger partial charge in [0.1, 0.15) is 11.6 Å². The molecule has 8 nitrogen and oxygen atoms in total. The van der Waals surface area contributed by atoms with Crippen LogP contribution in [0.3, 0.4) is 0 Å². The first kappa shape index (κ1) is 27.4. The van der Waals surface area contributed by atoms with Crippen molar-refractivity contribution in [2.75, 3.05) is 31.6 Å². The number of amides is 3. The number of carbonyl (C=O) groups excluding carboxylic acids is 3. The molecular weight excluding hydrogens is 494 g/mol. The van der Waals surface area contributed by atoms with E-state index in [1.54, 1.807) is 55.3 Å². The zero-order valence-electron chi connectivity index (χ0n) is 21.9. The molecule has 2 bridgehead atoms. The van der Waals surface area contributed by atoms with E-state index in [-0.39, 0.29) is 36.8 Å². The zero-order valence-corrected chi connectivity index (χ0v) is 22.6. The summed E-state index contributed by atoms with van der Waals surface area (Å²) in [5.41, 5.74) is -1.65. The van der Waals surface area contributed by atoms with E-state index in [4.69, 9.17) is 16.3 Å². The fourth-order valence-electron chi connectivity index (χ4n) is 6.67. The smallest absolute Gasteiger partial charge is 0.253 e. The molecule has 1 N–H and O–H groups in total. The van der Waals surface area contributed by atoms with Crippen LogP contribution in [0.5, 0.6) is 0 Å². The summed E-state index contributed by atoms with van der Waals surface area (Å²) in [6.45, 7) is 13.3. The Hall–Kier alpha value is -2.68. The van der Waals surface area contributed by atoms with Gasteiger partial charge in [0.2, 0.25) is 11.8 Å². The van der Waals surface area contributed by atoms with Crippen LogP contribution in [0.4, 0.5) is 5.69 Å². The highest BCUT2D eigenvalue weighted by atomic mass is 35.5. The third-order valence-electron chi connectivity index (χ3n) is 8.49. The molecule has 200 valence electrons. The van der Waals surface area contributed by atoms with Crippen molar-refractivity contribution in [2.24, 2.45) is 17.8 Å². The van der Waals surface area contributed by atoms with E-state index in [1.807, 2.05) is 13.8 Å². The SMILES string of the molecule is C=CCN(C)C(=O)[C@@H]1[C@H]2C(=O)N([C@H](C)CO)C(C(=O)N(CC=C)c3ccccc3Cl)C23CC(C)[C@@]1(C)O3. The molecule has 0 aromatic heterocycles. The third-order valence-corrected chi connectivity index (χ3v) is 8.81. The van der Waals surface area contributed by atoms with Crippen molar-refractivity contribution in [2.45, 2.75) is 50.5 Å². The molecule has 3 fully saturated rings. The normalized spacial score (nSPS) is 32.7. The van der Waals surface area contributed by atoms with Crippen molar-refractivity contribution in [1.29, 1.82) is 0 Å². The first-order chi connectivity index (χ1) is 17.5. The lowest BCUT2D eigenvalue weighted by molar-refractivity contribution is -0.152. The zero-order chi connectivity index (χ0) is 27.3. The number of carbonyl (C=O) groups is 3. The molecule has 3 aliphatic heterocycles. The van der Waals surface area contributed by atoms with E-state index < -0.39 is 35.1 Å². The minimum Gasteiger partial charge on any atom is -0.394 e. The number of ether oxygens (including phenoxy) is 1. The van der Waals surface area contributed by atoms with Crippen LogP contribution in [-0.4, -0.2) is 82.7 Å². The number of aliphatic hydroxyl groups excluding tert-OH is 1. The number of halogens is 1. The van der Waals surface area contributed by atoms with Crippen molar-refractivity contribution in [3.05, 3.63) is 54.6 Å². The number of para-hydroxylation sites is 1. The topological polar surface area (TPSA) is 90.4 Å². The van der Waals surface area contributed by atoms with Gasteiger partial charge < -0.3 is 24.5 Å². The number of likely N-dealkylation sites (tertiary alicyclic amines) is 1. The average molecular weight is 530 g/mol. The molecule has 9 heteroatoms. The second-order valence-electron chi connectivity index (χ2n) is 10.7. The predicted octanol–water partition coefficient (Wildman–Crippen LogP) is 2.89. The Labute approximate surface area is 223 Å². The van der Waals surface area contributed by atoms with Crippen molar-refractivity contribution in [3.8, 4) is 0 Å². The molecule has 1 aromatic rings. The van der Waals surface area contributed by atoms with Crippen molar-refractivity contribution in [3.63, 3.8) is 0 Å². The van der Waals surface area contributed by atoms with Gasteiger partial charge in [0.25, 0.3) is 5.91 Å². The van der Waals surface area contributed by atoms with E-state index in [0.717, 1.165) is 0 Å². The third kappa shape index (κ3) is 3.92. The second kappa shape index (κ2) is 9.89. The molecule has 1 aromatic carbocycles. The molecule has 37 heavy (non-hydrogen) atoms. The Kier molecular flexibility index (Phi) is 7.31. The number of rotatable bonds is 9. The standard InChI is InChI=1S/C28H36ClN3O5/c1-7-13-30(6)24(34)21-22-25(35)32(18(4)16-33)23(28(22)15-17(3)27(21,5)37-28)26(36)31(14-8-2)20-12-10-9-11-19(20)29/h7-12,17-18,21-23,33H,1-2,13-16H2,3-6H3/t17?,18-,21+,22+,23?,27-,28?/m1/s1. The van der Waals surface area contributed by atoms with Crippen molar-refractivity contribution in [1.82, 2.24) is 9.80 Å². The minimum absolute atomic E-state index is 0.0875. The number of hydrogen-bond donors (Lipinski definition) is 1. The van der Waals surface area contributed by atoms with Crippen LogP contribution in [-0.2, 0) is 19.1 Å². The van der Waals surface area contributed by atoms with Gasteiger partial charge >= 0.3 is 0 Å². The first-order valence-corrected chi connectivity index (χ1v) is 13.0. The van der Waals surface area contributed by atoms with Gasteiger partial charge in [0.05, 0.1) is 40.8 Å². The van der Waals surface area contributed by atoms with Crippen LogP contribution in [0, 0.1) is 17.8 Å². The quantitative estimate of drug-likeness (QED) is 0.497. The van der Waals surface area contributed by atoms with E-state index in [2.05, 4.69) is 13.2 Å². The van der Waals surface area contributed by atoms with Crippen LogP contribution in [0.1, 0.15) is 27.2 Å². The first-order valence-electron chi connectivity index (χ1n) is 12.7. The van der Waals surface area contributed by atoms with Gasteiger partial charge in [-0.05, 0) is 38.3 Å². The monoisotopic (exact) mass is 529 g/mol. The van der Waals surface area contributed by atoms with Crippen LogP contribution in [0.25, 0.3) is 0 Å². The summed E-state index contributed by atoms with van der Waals surface area (Å²) < 4.78 is 6.75. The maximum absolute atomic E-state index is 14.5. The molecule has 3 saturated heterocycles. The Morgan fingerprint density at radius 2 is 1.92 bits per heavy atom. The molecule has 3 amide bonds. The lowest BCUT2D eigenvalue weighted by atomic mass is 9.62. The van der Waals surface area contributed by atoms with E-state index in [9.17, 15) is 19.5 Å². The van der Waals surface area contributed by atoms with Crippen molar-refractivity contribution < 1.29 is 24.2 Å². The highest BCUT2D eigenvalue weighted by molar-refractivity contribution is 6.34. The summed E-state index contributed by atoms with van der Waals surface area (Å²) in [6, 6.07) is 5.28. The number of fused-ring (bicyclic) bond motifs is 1. The van der Waals surface area contributed by atoms with Gasteiger partial charge in [-0.2, -0.15) is 0 Å². The molecule has 0 saturated carbocycles. The molecule has 1 spiro atoms. The lowest BCUT2D eigenvalue weighted by Gasteiger charge is -2.39. The van der Waals surface area contributed by atoms with Gasteiger partial charge in [-0.25, -0.2) is 0 Å². The highest BCUT2D eigenvalue weighted by Gasteiger charge is 2.80. The van der Waals surface area contributed by atoms with Crippen LogP contribution < -0.4 is 4.90 Å². The lowest BCUT2D eigenvalue weighted by Crippen LogP contribution is -2.58. The highest BCUT2D eigenvalue weighted by Crippen LogP contribution is 2.65. The van der Waals surface area contributed by atoms with Gasteiger partial charge in [-0.1, -0.05) is 42.8 Å². The number of aliphatic hydroxyl groups is 1. The van der Waals surface area contributed by atoms with Crippen molar-refractivity contribution >= 4 is 35.0 Å². The second-order valence-corrected chi connectivity index (χ2v) is 11.1. The average Bonchev–Trinajstić information content (AvgIpc) is 3.38. The van der Waals surface area contributed by atoms with Crippen LogP contribution >= 0.6 is 11.6 Å². The summed E-state index contributed by atoms with van der Waals surface area (Å²) in [4.78, 5) is 46.8. The van der Waals surface area contributed by atoms with Gasteiger partial charge in [0.15, 0.2) is 0 Å². The van der Waals surface area contributed by atoms with E-state index in [0.29, 0.717) is 23.7 Å². The number of benzene rings is 1. The summed E-state index contributed by atoms with van der Waals surface area (Å²) in [5, 5.41) is 10.5. The number of hydrogen-bond acceptors (Lipinski definition) is 5. The maximum Gasteiger partial charge on any atom is 0.253 e. The molecule has 4 rings (SSSR count). The summed E-state index contributed by atoms with van der Waals surface area (Å²) in [7, 11) is 1.68. The van der Waals surface area contributed by atoms with E-state index in [1.165, 1.54) is 9.80 Å². The molecular formula is C28H36ClN3O5. The minimum atomic E-state index is -1.22. The summed E-state index contributed by atoms with van der Waals surface area (Å²) in [6.07, 6.45) is 3.66. The van der Waals surface area contributed by atoms with Gasteiger partial charge in [-0.15, -0.1) is 13.2 Å². The van der Waals surface area contributed by atoms with E-state index >= 15 is 0 Å². The van der Waals surface area contributed by atoms with Gasteiger partial charge in [-0.3, -0.25) is 14.4 Å². The molecule has 0 aliphatic carbocycles. The van der Waals surface area contributed by atoms with Gasteiger partial charge in [0, 0.05) is 20.1 Å². The fourth-order valence-corrected chi connectivity index (χ4v) is 6.91. The Morgan fingerprint density at radius 1 is 1.27 bits per heavy atom. The maximum atomic E-state index is 14.5. The fraction of sp³-hybridized carbons (Fsp3) is 0.536. The number of likely N-dealkylation sites (N-methyl/N-ethyl adjacent to an activating group) is 1. The molecule has 3 heterocycles. The summed E-state index contributed by atoms with van der Waals surface area (Å²) >= 11 is 6.48. The Bertz CT molecular complexity index is 1130. The number of anilines is 1. The predicted molar refractivity (Wildman–Crippen MR) is 142 cm³/mol. The van der Waals surface area contributed by atoms with Crippen LogP contribution in [0.15, 0.2) is 49.6 Å². The molecule has 3 unspecified atom stereocenters. The largest absolute Gasteiger partial charge is 0.394 e. The van der Waals surface area contributed by atoms with Crippen LogP contribution in [0.2, 0.25) is 5.02 Å². The molecule has 3 aliphatic rings. The Morgan fingerprint density at radius 3 is 2.51 bits per heavy atom. The molecule has 0 radical (unpaired) electrons. The summed E-state index contributed by atoms with van der Waals surface area (Å²) in [5.74, 6) is -2.66. The Balaban J connectivity index is 1.87.